The van der Waals surface area contributed by atoms with Crippen molar-refractivity contribution in [2.24, 2.45) is 5.92 Å². The van der Waals surface area contributed by atoms with Crippen molar-refractivity contribution < 1.29 is 0 Å². The molecule has 5 heteroatoms. The van der Waals surface area contributed by atoms with Crippen molar-refractivity contribution in [2.75, 3.05) is 18.8 Å². The minimum atomic E-state index is 0.588. The zero-order valence-corrected chi connectivity index (χ0v) is 12.5. The van der Waals surface area contributed by atoms with Crippen molar-refractivity contribution in [3.8, 4) is 0 Å². The monoisotopic (exact) mass is 273 g/mol. The Hall–Kier alpha value is -1.62. The lowest BCUT2D eigenvalue weighted by Gasteiger charge is -2.20. The zero-order valence-electron chi connectivity index (χ0n) is 12.5. The normalized spacial score (nSPS) is 20.3. The molecule has 2 aromatic heterocycles. The second-order valence-corrected chi connectivity index (χ2v) is 6.12. The van der Waals surface area contributed by atoms with Crippen LogP contribution >= 0.6 is 0 Å². The fourth-order valence-electron chi connectivity index (χ4n) is 3.07. The number of aromatic nitrogens is 3. The van der Waals surface area contributed by atoms with Crippen LogP contribution in [0.15, 0.2) is 12.3 Å². The summed E-state index contributed by atoms with van der Waals surface area (Å²) in [7, 11) is 0. The minimum absolute atomic E-state index is 0.588. The molecule has 1 saturated heterocycles. The maximum Gasteiger partial charge on any atom is 0.202 e. The molecular formula is C15H23N5. The van der Waals surface area contributed by atoms with Gasteiger partial charge >= 0.3 is 0 Å². The van der Waals surface area contributed by atoms with Crippen LogP contribution in [0.3, 0.4) is 0 Å². The highest BCUT2D eigenvalue weighted by Gasteiger charge is 2.25. The van der Waals surface area contributed by atoms with Gasteiger partial charge in [0.1, 0.15) is 5.52 Å². The van der Waals surface area contributed by atoms with E-state index in [4.69, 9.17) is 5.73 Å². The Morgan fingerprint density at radius 3 is 2.95 bits per heavy atom. The summed E-state index contributed by atoms with van der Waals surface area (Å²) < 4.78 is 2.08. The maximum absolute atomic E-state index is 6.09. The van der Waals surface area contributed by atoms with Crippen LogP contribution in [-0.4, -0.2) is 38.6 Å². The van der Waals surface area contributed by atoms with Gasteiger partial charge in [-0.05, 0) is 51.3 Å². The summed E-state index contributed by atoms with van der Waals surface area (Å²) in [5, 5.41) is 0. The molecule has 1 aliphatic rings. The van der Waals surface area contributed by atoms with Gasteiger partial charge in [-0.25, -0.2) is 9.97 Å². The fraction of sp³-hybridized carbons (Fsp3) is 0.600. The number of hydrogen-bond acceptors (Lipinski definition) is 4. The Labute approximate surface area is 119 Å². The zero-order chi connectivity index (χ0) is 14.3. The van der Waals surface area contributed by atoms with Gasteiger partial charge in [-0.3, -0.25) is 4.57 Å². The van der Waals surface area contributed by atoms with Gasteiger partial charge < -0.3 is 10.6 Å². The Morgan fingerprint density at radius 2 is 2.25 bits per heavy atom. The summed E-state index contributed by atoms with van der Waals surface area (Å²) in [6.45, 7) is 9.81. The first-order valence-electron chi connectivity index (χ1n) is 7.37. The molecule has 5 nitrogen and oxygen atoms in total. The van der Waals surface area contributed by atoms with E-state index in [2.05, 4.69) is 40.2 Å². The topological polar surface area (TPSA) is 60.0 Å². The third kappa shape index (κ3) is 2.26. The lowest BCUT2D eigenvalue weighted by molar-refractivity contribution is 0.261. The smallest absolute Gasteiger partial charge is 0.202 e. The number of pyridine rings is 1. The summed E-state index contributed by atoms with van der Waals surface area (Å²) in [5.74, 6) is 1.23. The maximum atomic E-state index is 6.09. The molecular weight excluding hydrogens is 250 g/mol. The number of nitrogens with zero attached hydrogens (tertiary/aromatic N) is 4. The molecule has 2 aromatic rings. The second kappa shape index (κ2) is 5.05. The lowest BCUT2D eigenvalue weighted by Crippen LogP contribution is -2.28. The average molecular weight is 273 g/mol. The van der Waals surface area contributed by atoms with E-state index in [9.17, 15) is 0 Å². The van der Waals surface area contributed by atoms with E-state index < -0.39 is 0 Å². The highest BCUT2D eigenvalue weighted by Crippen LogP contribution is 2.24. The highest BCUT2D eigenvalue weighted by molar-refractivity contribution is 5.77. The highest BCUT2D eigenvalue weighted by atomic mass is 15.2. The summed E-state index contributed by atoms with van der Waals surface area (Å²) in [6.07, 6.45) is 3.06. The van der Waals surface area contributed by atoms with Crippen molar-refractivity contribution in [1.29, 1.82) is 0 Å². The summed E-state index contributed by atoms with van der Waals surface area (Å²) in [6, 6.07) is 2.60. The largest absolute Gasteiger partial charge is 0.369 e. The van der Waals surface area contributed by atoms with Gasteiger partial charge in [0.25, 0.3) is 0 Å². The van der Waals surface area contributed by atoms with Crippen LogP contribution in [-0.2, 0) is 6.54 Å². The summed E-state index contributed by atoms with van der Waals surface area (Å²) >= 11 is 0. The van der Waals surface area contributed by atoms with Crippen LogP contribution in [0.25, 0.3) is 11.2 Å². The van der Waals surface area contributed by atoms with Crippen molar-refractivity contribution >= 4 is 17.1 Å². The van der Waals surface area contributed by atoms with E-state index >= 15 is 0 Å². The first-order valence-corrected chi connectivity index (χ1v) is 7.37. The molecule has 0 amide bonds. The minimum Gasteiger partial charge on any atom is -0.369 e. The average Bonchev–Trinajstić information content (AvgIpc) is 2.98. The van der Waals surface area contributed by atoms with Gasteiger partial charge in [-0.15, -0.1) is 0 Å². The van der Waals surface area contributed by atoms with E-state index in [1.165, 1.54) is 13.0 Å². The van der Waals surface area contributed by atoms with E-state index in [1.807, 2.05) is 12.3 Å². The van der Waals surface area contributed by atoms with Gasteiger partial charge in [-0.2, -0.15) is 0 Å². The fourth-order valence-corrected chi connectivity index (χ4v) is 3.07. The first-order chi connectivity index (χ1) is 9.56. The van der Waals surface area contributed by atoms with Crippen molar-refractivity contribution in [3.05, 3.63) is 17.8 Å². The SMILES string of the molecule is Cc1ccnc2c1nc(N)n2CC1CCN(C(C)C)C1. The van der Waals surface area contributed by atoms with Crippen molar-refractivity contribution in [3.63, 3.8) is 0 Å². The molecule has 3 rings (SSSR count). The molecule has 1 atom stereocenters. The molecule has 0 saturated carbocycles. The van der Waals surface area contributed by atoms with E-state index in [1.54, 1.807) is 0 Å². The number of rotatable bonds is 3. The number of hydrogen-bond donors (Lipinski definition) is 1. The van der Waals surface area contributed by atoms with Crippen molar-refractivity contribution in [1.82, 2.24) is 19.4 Å². The van der Waals surface area contributed by atoms with Crippen LogP contribution in [0, 0.1) is 12.8 Å². The Kier molecular flexibility index (Phi) is 3.38. The Balaban J connectivity index is 1.85. The van der Waals surface area contributed by atoms with Crippen LogP contribution < -0.4 is 5.73 Å². The van der Waals surface area contributed by atoms with E-state index in [0.29, 0.717) is 17.9 Å². The van der Waals surface area contributed by atoms with Crippen molar-refractivity contribution in [2.45, 2.75) is 39.8 Å². The van der Waals surface area contributed by atoms with Crippen LogP contribution in [0.4, 0.5) is 5.95 Å². The standard InChI is InChI=1S/C15H23N5/c1-10(2)19-7-5-12(8-19)9-20-14-13(18-15(20)16)11(3)4-6-17-14/h4,6,10,12H,5,7-9H2,1-3H3,(H2,16,18). The molecule has 0 aromatic carbocycles. The molecule has 108 valence electrons. The van der Waals surface area contributed by atoms with Gasteiger partial charge in [0.15, 0.2) is 5.65 Å². The third-order valence-corrected chi connectivity index (χ3v) is 4.35. The molecule has 2 N–H and O–H groups in total. The van der Waals surface area contributed by atoms with E-state index in [0.717, 1.165) is 29.8 Å². The number of aryl methyl sites for hydroxylation is 1. The molecule has 20 heavy (non-hydrogen) atoms. The molecule has 1 fully saturated rings. The van der Waals surface area contributed by atoms with Gasteiger partial charge in [0, 0.05) is 25.3 Å². The molecule has 0 radical (unpaired) electrons. The Bertz CT molecular complexity index is 616. The number of fused-ring (bicyclic) bond motifs is 1. The molecule has 1 unspecified atom stereocenters. The lowest BCUT2D eigenvalue weighted by atomic mass is 10.1. The van der Waals surface area contributed by atoms with Gasteiger partial charge in [0.2, 0.25) is 5.95 Å². The van der Waals surface area contributed by atoms with E-state index in [-0.39, 0.29) is 0 Å². The molecule has 0 aliphatic carbocycles. The molecule has 1 aliphatic heterocycles. The number of imidazole rings is 1. The summed E-state index contributed by atoms with van der Waals surface area (Å²) in [5.41, 5.74) is 9.08. The number of anilines is 1. The number of nitrogen functional groups attached to an aromatic ring is 1. The van der Waals surface area contributed by atoms with Crippen LogP contribution in [0.2, 0.25) is 0 Å². The van der Waals surface area contributed by atoms with Gasteiger partial charge in [0.05, 0.1) is 0 Å². The van der Waals surface area contributed by atoms with Crippen LogP contribution in [0.5, 0.6) is 0 Å². The third-order valence-electron chi connectivity index (χ3n) is 4.35. The van der Waals surface area contributed by atoms with Crippen LogP contribution in [0.1, 0.15) is 25.8 Å². The number of nitrogens with two attached hydrogens (primary N) is 1. The molecule has 0 bridgehead atoms. The quantitative estimate of drug-likeness (QED) is 0.930. The number of likely N-dealkylation sites (tertiary alicyclic amines) is 1. The molecule has 3 heterocycles. The predicted octanol–water partition coefficient (Wildman–Crippen LogP) is 2.05. The van der Waals surface area contributed by atoms with Gasteiger partial charge in [-0.1, -0.05) is 0 Å². The molecule has 0 spiro atoms. The second-order valence-electron chi connectivity index (χ2n) is 6.12. The Morgan fingerprint density at radius 1 is 1.45 bits per heavy atom. The summed E-state index contributed by atoms with van der Waals surface area (Å²) in [4.78, 5) is 11.5. The predicted molar refractivity (Wildman–Crippen MR) is 81.5 cm³/mol. The first kappa shape index (κ1) is 13.4.